The molecule has 0 atom stereocenters. The van der Waals surface area contributed by atoms with E-state index in [1.807, 2.05) is 31.2 Å². The van der Waals surface area contributed by atoms with Crippen LogP contribution in [0.25, 0.3) is 0 Å². The first-order chi connectivity index (χ1) is 12.3. The van der Waals surface area contributed by atoms with Crippen LogP contribution in [0.1, 0.15) is 26.3 Å². The van der Waals surface area contributed by atoms with Crippen LogP contribution in [0.3, 0.4) is 0 Å². The van der Waals surface area contributed by atoms with E-state index in [9.17, 15) is 5.11 Å². The monoisotopic (exact) mass is 362 g/mol. The van der Waals surface area contributed by atoms with Gasteiger partial charge in [0.05, 0.1) is 0 Å². The quantitative estimate of drug-likeness (QED) is 0.685. The van der Waals surface area contributed by atoms with E-state index < -0.39 is 8.32 Å². The van der Waals surface area contributed by atoms with Gasteiger partial charge in [0.25, 0.3) is 0 Å². The summed E-state index contributed by atoms with van der Waals surface area (Å²) >= 11 is 0. The molecule has 134 valence electrons. The van der Waals surface area contributed by atoms with Crippen LogP contribution >= 0.6 is 0 Å². The number of rotatable bonds is 4. The van der Waals surface area contributed by atoms with Crippen molar-refractivity contribution in [3.8, 4) is 11.5 Å². The molecule has 0 fully saturated rings. The van der Waals surface area contributed by atoms with Crippen LogP contribution < -0.4 is 14.8 Å². The molecule has 3 heteroatoms. The minimum Gasteiger partial charge on any atom is -0.534 e. The van der Waals surface area contributed by atoms with Crippen molar-refractivity contribution in [2.45, 2.75) is 32.7 Å². The average Bonchev–Trinajstić information content (AvgIpc) is 2.63. The molecule has 0 saturated carbocycles. The molecule has 0 bridgehead atoms. The van der Waals surface area contributed by atoms with Crippen LogP contribution in [-0.4, -0.2) is 13.4 Å². The Bertz CT molecular complexity index is 828. The molecule has 0 aliphatic heterocycles. The molecule has 3 aromatic carbocycles. The lowest BCUT2D eigenvalue weighted by molar-refractivity contribution is 0.466. The first-order valence-electron chi connectivity index (χ1n) is 8.94. The lowest BCUT2D eigenvalue weighted by atomic mass is 10.2. The number of benzene rings is 3. The van der Waals surface area contributed by atoms with Gasteiger partial charge in [-0.15, -0.1) is 0 Å². The summed E-state index contributed by atoms with van der Waals surface area (Å²) in [5.41, 5.74) is 0.820. The average molecular weight is 363 g/mol. The number of aromatic hydroxyl groups is 1. The molecule has 0 unspecified atom stereocenters. The molecule has 0 aliphatic rings. The van der Waals surface area contributed by atoms with Crippen molar-refractivity contribution in [2.75, 3.05) is 0 Å². The molecule has 0 aliphatic carbocycles. The summed E-state index contributed by atoms with van der Waals surface area (Å²) in [5, 5.41) is 12.3. The zero-order valence-electron chi connectivity index (χ0n) is 15.9. The van der Waals surface area contributed by atoms with Gasteiger partial charge in [0.1, 0.15) is 11.5 Å². The smallest absolute Gasteiger partial charge is 0.319 e. The molecule has 0 amide bonds. The van der Waals surface area contributed by atoms with Gasteiger partial charge in [-0.25, -0.2) is 0 Å². The predicted molar refractivity (Wildman–Crippen MR) is 111 cm³/mol. The van der Waals surface area contributed by atoms with Crippen LogP contribution in [0.2, 0.25) is 5.04 Å². The van der Waals surface area contributed by atoms with Crippen molar-refractivity contribution in [3.63, 3.8) is 0 Å². The number of hydrogen-bond acceptors (Lipinski definition) is 2. The third-order valence-corrected chi connectivity index (χ3v) is 9.80. The molecule has 26 heavy (non-hydrogen) atoms. The third kappa shape index (κ3) is 3.27. The van der Waals surface area contributed by atoms with Gasteiger partial charge in [0.15, 0.2) is 0 Å². The van der Waals surface area contributed by atoms with Gasteiger partial charge < -0.3 is 9.53 Å². The van der Waals surface area contributed by atoms with Gasteiger partial charge in [-0.1, -0.05) is 81.4 Å². The van der Waals surface area contributed by atoms with E-state index in [4.69, 9.17) is 4.43 Å². The number of phenols is 1. The summed E-state index contributed by atoms with van der Waals surface area (Å²) in [6.07, 6.45) is 0. The summed E-state index contributed by atoms with van der Waals surface area (Å²) in [4.78, 5) is 0. The summed E-state index contributed by atoms with van der Waals surface area (Å²) in [5.74, 6) is 1.09. The maximum absolute atomic E-state index is 9.89. The van der Waals surface area contributed by atoms with Crippen molar-refractivity contribution in [2.24, 2.45) is 0 Å². The molecular weight excluding hydrogens is 336 g/mol. The zero-order chi connectivity index (χ0) is 18.8. The Morgan fingerprint density at radius 3 is 1.69 bits per heavy atom. The van der Waals surface area contributed by atoms with Gasteiger partial charge in [0, 0.05) is 0 Å². The van der Waals surface area contributed by atoms with Crippen LogP contribution in [-0.2, 0) is 0 Å². The highest BCUT2D eigenvalue weighted by Crippen LogP contribution is 2.38. The van der Waals surface area contributed by atoms with Crippen molar-refractivity contribution in [3.05, 3.63) is 84.4 Å². The summed E-state index contributed by atoms with van der Waals surface area (Å²) in [6, 6.07) is 26.6. The predicted octanol–water partition coefficient (Wildman–Crippen LogP) is 4.64. The molecule has 0 spiro atoms. The van der Waals surface area contributed by atoms with E-state index >= 15 is 0 Å². The van der Waals surface area contributed by atoms with Gasteiger partial charge in [0.2, 0.25) is 0 Å². The Morgan fingerprint density at radius 1 is 0.769 bits per heavy atom. The van der Waals surface area contributed by atoms with Crippen molar-refractivity contribution < 1.29 is 9.53 Å². The first-order valence-corrected chi connectivity index (χ1v) is 10.8. The Labute approximate surface area is 157 Å². The van der Waals surface area contributed by atoms with Gasteiger partial charge in [-0.2, -0.15) is 0 Å². The summed E-state index contributed by atoms with van der Waals surface area (Å²) in [7, 11) is -2.61. The molecular formula is C23H26O2Si. The first kappa shape index (κ1) is 18.3. The Balaban J connectivity index is 2.25. The molecule has 0 heterocycles. The van der Waals surface area contributed by atoms with Crippen LogP contribution in [0, 0.1) is 6.92 Å². The standard InChI is InChI=1S/C23H26O2Si/c1-18-17-19(15-16-22(18)24)25-26(23(2,3)4,20-11-7-5-8-12-20)21-13-9-6-10-14-21/h5-17,24H,1-4H3. The minimum atomic E-state index is -2.61. The minimum absolute atomic E-state index is 0.0818. The van der Waals surface area contributed by atoms with E-state index in [0.29, 0.717) is 5.75 Å². The molecule has 0 radical (unpaired) electrons. The maximum Gasteiger partial charge on any atom is 0.319 e. The lowest BCUT2D eigenvalue weighted by Crippen LogP contribution is -2.68. The van der Waals surface area contributed by atoms with Crippen LogP contribution in [0.4, 0.5) is 0 Å². The SMILES string of the molecule is Cc1cc(O[Si](c2ccccc2)(c2ccccc2)C(C)(C)C)ccc1O. The van der Waals surface area contributed by atoms with Crippen LogP contribution in [0.5, 0.6) is 11.5 Å². The van der Waals surface area contributed by atoms with Crippen LogP contribution in [0.15, 0.2) is 78.9 Å². The van der Waals surface area contributed by atoms with Gasteiger partial charge in [-0.3, -0.25) is 0 Å². The second kappa shape index (κ2) is 7.00. The molecule has 3 aromatic rings. The van der Waals surface area contributed by atoms with E-state index in [2.05, 4.69) is 69.3 Å². The topological polar surface area (TPSA) is 29.5 Å². The lowest BCUT2D eigenvalue weighted by Gasteiger charge is -2.43. The fourth-order valence-corrected chi connectivity index (χ4v) is 7.93. The van der Waals surface area contributed by atoms with E-state index in [-0.39, 0.29) is 5.04 Å². The van der Waals surface area contributed by atoms with E-state index in [1.54, 1.807) is 6.07 Å². The second-order valence-corrected chi connectivity index (χ2v) is 11.9. The number of aryl methyl sites for hydroxylation is 1. The zero-order valence-corrected chi connectivity index (χ0v) is 16.9. The number of hydrogen-bond donors (Lipinski definition) is 1. The molecule has 3 rings (SSSR count). The number of phenolic OH excluding ortho intramolecular Hbond substituents is 1. The molecule has 0 aromatic heterocycles. The maximum atomic E-state index is 9.89. The van der Waals surface area contributed by atoms with E-state index in [0.717, 1.165) is 11.3 Å². The summed E-state index contributed by atoms with van der Waals surface area (Å²) in [6.45, 7) is 8.67. The Hall–Kier alpha value is -2.52. The van der Waals surface area contributed by atoms with Crippen molar-refractivity contribution in [1.29, 1.82) is 0 Å². The highest BCUT2D eigenvalue weighted by atomic mass is 28.4. The fraction of sp³-hybridized carbons (Fsp3) is 0.217. The van der Waals surface area contributed by atoms with Gasteiger partial charge in [-0.05, 0) is 46.1 Å². The molecule has 2 nitrogen and oxygen atoms in total. The summed E-state index contributed by atoms with van der Waals surface area (Å²) < 4.78 is 6.90. The highest BCUT2D eigenvalue weighted by molar-refractivity contribution is 7.00. The third-order valence-electron chi connectivity index (χ3n) is 4.86. The highest BCUT2D eigenvalue weighted by Gasteiger charge is 2.52. The van der Waals surface area contributed by atoms with E-state index in [1.165, 1.54) is 10.4 Å². The largest absolute Gasteiger partial charge is 0.534 e. The van der Waals surface area contributed by atoms with Gasteiger partial charge >= 0.3 is 8.32 Å². The van der Waals surface area contributed by atoms with Crippen molar-refractivity contribution >= 4 is 18.7 Å². The Morgan fingerprint density at radius 2 is 1.27 bits per heavy atom. The fourth-order valence-electron chi connectivity index (χ4n) is 3.52. The molecule has 1 N–H and O–H groups in total. The second-order valence-electron chi connectivity index (χ2n) is 7.71. The normalized spacial score (nSPS) is 12.0. The van der Waals surface area contributed by atoms with Crippen molar-refractivity contribution in [1.82, 2.24) is 0 Å². The Kier molecular flexibility index (Phi) is 4.92. The molecule has 0 saturated heterocycles.